The van der Waals surface area contributed by atoms with Gasteiger partial charge in [0.1, 0.15) is 13.2 Å². The van der Waals surface area contributed by atoms with Crippen LogP contribution in [-0.2, 0) is 18.9 Å². The van der Waals surface area contributed by atoms with Crippen molar-refractivity contribution in [2.24, 2.45) is 0 Å². The minimum absolute atomic E-state index is 0.139. The highest BCUT2D eigenvalue weighted by atomic mass is 16.6. The van der Waals surface area contributed by atoms with Gasteiger partial charge in [-0.2, -0.15) is 0 Å². The minimum Gasteiger partial charge on any atom is -0.487 e. The molecule has 28 heavy (non-hydrogen) atoms. The molecule has 0 aliphatic heterocycles. The Hall–Kier alpha value is -1.34. The van der Waals surface area contributed by atoms with E-state index < -0.39 is 0 Å². The van der Waals surface area contributed by atoms with E-state index in [-0.39, 0.29) is 11.2 Å². The van der Waals surface area contributed by atoms with Gasteiger partial charge in [0.15, 0.2) is 11.5 Å². The lowest BCUT2D eigenvalue weighted by Crippen LogP contribution is -2.22. The summed E-state index contributed by atoms with van der Waals surface area (Å²) in [6.45, 7) is 16.3. The Morgan fingerprint density at radius 1 is 0.536 bits per heavy atom. The highest BCUT2D eigenvalue weighted by Gasteiger charge is 2.10. The third-order valence-corrected chi connectivity index (χ3v) is 3.35. The van der Waals surface area contributed by atoms with Crippen LogP contribution in [0.2, 0.25) is 0 Å². The third-order valence-electron chi connectivity index (χ3n) is 3.35. The van der Waals surface area contributed by atoms with Crippen molar-refractivity contribution in [1.29, 1.82) is 0 Å². The van der Waals surface area contributed by atoms with Gasteiger partial charge < -0.3 is 28.4 Å². The lowest BCUT2D eigenvalue weighted by molar-refractivity contribution is -0.0385. The topological polar surface area (TPSA) is 55.4 Å². The first kappa shape index (κ1) is 24.7. The molecule has 0 bridgehead atoms. The van der Waals surface area contributed by atoms with Gasteiger partial charge in [-0.25, -0.2) is 0 Å². The maximum Gasteiger partial charge on any atom is 0.161 e. The van der Waals surface area contributed by atoms with E-state index in [1.807, 2.05) is 65.8 Å². The first-order valence-corrected chi connectivity index (χ1v) is 9.95. The fraction of sp³-hybridized carbons (Fsp3) is 0.727. The lowest BCUT2D eigenvalue weighted by atomic mass is 10.2. The number of hydrogen-bond acceptors (Lipinski definition) is 6. The molecule has 0 radical (unpaired) electrons. The van der Waals surface area contributed by atoms with Crippen LogP contribution >= 0.6 is 0 Å². The minimum atomic E-state index is -0.139. The quantitative estimate of drug-likeness (QED) is 0.440. The van der Waals surface area contributed by atoms with Crippen LogP contribution in [0.3, 0.4) is 0 Å². The van der Waals surface area contributed by atoms with E-state index in [1.54, 1.807) is 0 Å². The molecule has 0 N–H and O–H groups in total. The molecule has 0 saturated carbocycles. The van der Waals surface area contributed by atoms with E-state index in [2.05, 4.69) is 0 Å². The van der Waals surface area contributed by atoms with Crippen LogP contribution in [0.25, 0.3) is 0 Å². The third kappa shape index (κ3) is 13.8. The highest BCUT2D eigenvalue weighted by Crippen LogP contribution is 2.26. The second-order valence-corrected chi connectivity index (χ2v) is 8.29. The highest BCUT2D eigenvalue weighted by molar-refractivity contribution is 5.39. The fourth-order valence-electron chi connectivity index (χ4n) is 2.13. The predicted molar refractivity (Wildman–Crippen MR) is 110 cm³/mol. The summed E-state index contributed by atoms with van der Waals surface area (Å²) in [5.74, 6) is 1.40. The summed E-state index contributed by atoms with van der Waals surface area (Å²) in [6, 6.07) is 7.60. The average Bonchev–Trinajstić information content (AvgIpc) is 2.59. The molecule has 0 heterocycles. The molecular weight excluding hydrogens is 360 g/mol. The van der Waals surface area contributed by atoms with Crippen molar-refractivity contribution in [2.75, 3.05) is 52.9 Å². The maximum absolute atomic E-state index is 5.77. The molecule has 1 rings (SSSR count). The van der Waals surface area contributed by atoms with Gasteiger partial charge in [-0.15, -0.1) is 0 Å². The molecule has 1 aromatic rings. The Morgan fingerprint density at radius 3 is 1.25 bits per heavy atom. The van der Waals surface area contributed by atoms with E-state index >= 15 is 0 Å². The normalized spacial score (nSPS) is 12.2. The zero-order valence-corrected chi connectivity index (χ0v) is 18.4. The molecule has 0 saturated heterocycles. The lowest BCUT2D eigenvalue weighted by Gasteiger charge is -2.19. The van der Waals surface area contributed by atoms with E-state index in [0.717, 1.165) is 0 Å². The molecule has 0 aromatic heterocycles. The molecule has 0 aliphatic rings. The smallest absolute Gasteiger partial charge is 0.161 e. The average molecular weight is 399 g/mol. The van der Waals surface area contributed by atoms with Gasteiger partial charge in [0, 0.05) is 0 Å². The van der Waals surface area contributed by atoms with Crippen LogP contribution in [0.1, 0.15) is 41.5 Å². The van der Waals surface area contributed by atoms with Crippen molar-refractivity contribution in [3.63, 3.8) is 0 Å². The molecule has 0 fully saturated rings. The summed E-state index contributed by atoms with van der Waals surface area (Å²) in [7, 11) is 0. The molecule has 6 nitrogen and oxygen atoms in total. The van der Waals surface area contributed by atoms with Crippen molar-refractivity contribution in [1.82, 2.24) is 0 Å². The van der Waals surface area contributed by atoms with Crippen LogP contribution in [0.15, 0.2) is 24.3 Å². The SMILES string of the molecule is CC(C)(C)OCCOCCOc1ccccc1OCCOCCOC(C)(C)C. The van der Waals surface area contributed by atoms with Gasteiger partial charge in [0.2, 0.25) is 0 Å². The van der Waals surface area contributed by atoms with Crippen molar-refractivity contribution < 1.29 is 28.4 Å². The van der Waals surface area contributed by atoms with Gasteiger partial charge in [0.05, 0.1) is 50.8 Å². The fourth-order valence-corrected chi connectivity index (χ4v) is 2.13. The monoisotopic (exact) mass is 398 g/mol. The van der Waals surface area contributed by atoms with Crippen LogP contribution in [-0.4, -0.2) is 64.1 Å². The molecule has 0 unspecified atom stereocenters. The molecule has 1 aromatic carbocycles. The van der Waals surface area contributed by atoms with Gasteiger partial charge in [-0.1, -0.05) is 12.1 Å². The molecular formula is C22H38O6. The van der Waals surface area contributed by atoms with Crippen molar-refractivity contribution in [3.8, 4) is 11.5 Å². The summed E-state index contributed by atoms with van der Waals surface area (Å²) in [5, 5.41) is 0. The Balaban J connectivity index is 2.15. The zero-order valence-electron chi connectivity index (χ0n) is 18.4. The number of hydrogen-bond donors (Lipinski definition) is 0. The predicted octanol–water partition coefficient (Wildman–Crippen LogP) is 4.11. The van der Waals surface area contributed by atoms with Crippen molar-refractivity contribution >= 4 is 0 Å². The van der Waals surface area contributed by atoms with E-state index in [4.69, 9.17) is 28.4 Å². The van der Waals surface area contributed by atoms with E-state index in [0.29, 0.717) is 64.4 Å². The largest absolute Gasteiger partial charge is 0.487 e. The second-order valence-electron chi connectivity index (χ2n) is 8.29. The summed E-state index contributed by atoms with van der Waals surface area (Å²) in [5.41, 5.74) is -0.279. The molecule has 0 aliphatic carbocycles. The first-order valence-electron chi connectivity index (χ1n) is 9.95. The first-order chi connectivity index (χ1) is 13.2. The van der Waals surface area contributed by atoms with Crippen LogP contribution in [0.5, 0.6) is 11.5 Å². The molecule has 0 spiro atoms. The number of benzene rings is 1. The summed E-state index contributed by atoms with van der Waals surface area (Å²) in [4.78, 5) is 0. The standard InChI is InChI=1S/C22H38O6/c1-21(2,3)27-17-13-23-11-15-25-19-9-7-8-10-20(19)26-16-12-24-14-18-28-22(4,5)6/h7-10H,11-18H2,1-6H3. The number of ether oxygens (including phenoxy) is 6. The number of para-hydroxylation sites is 2. The van der Waals surface area contributed by atoms with E-state index in [1.165, 1.54) is 0 Å². The Morgan fingerprint density at radius 2 is 0.893 bits per heavy atom. The van der Waals surface area contributed by atoms with Crippen LogP contribution in [0.4, 0.5) is 0 Å². The summed E-state index contributed by atoms with van der Waals surface area (Å²) >= 11 is 0. The molecule has 6 heteroatoms. The Labute approximate surface area is 170 Å². The number of rotatable bonds is 14. The molecule has 0 amide bonds. The maximum atomic E-state index is 5.77. The molecule has 0 atom stereocenters. The van der Waals surface area contributed by atoms with Crippen LogP contribution in [0, 0.1) is 0 Å². The second kappa shape index (κ2) is 13.0. The zero-order chi connectivity index (χ0) is 20.9. The van der Waals surface area contributed by atoms with Gasteiger partial charge in [0.25, 0.3) is 0 Å². The van der Waals surface area contributed by atoms with Crippen LogP contribution < -0.4 is 9.47 Å². The Bertz CT molecular complexity index is 471. The Kier molecular flexibility index (Phi) is 11.5. The van der Waals surface area contributed by atoms with Gasteiger partial charge in [-0.3, -0.25) is 0 Å². The van der Waals surface area contributed by atoms with Crippen molar-refractivity contribution in [2.45, 2.75) is 52.7 Å². The van der Waals surface area contributed by atoms with Crippen molar-refractivity contribution in [3.05, 3.63) is 24.3 Å². The summed E-state index contributed by atoms with van der Waals surface area (Å²) in [6.07, 6.45) is 0. The molecule has 162 valence electrons. The van der Waals surface area contributed by atoms with Gasteiger partial charge in [-0.05, 0) is 53.7 Å². The summed E-state index contributed by atoms with van der Waals surface area (Å²) < 4.78 is 33.8. The van der Waals surface area contributed by atoms with Gasteiger partial charge >= 0.3 is 0 Å². The van der Waals surface area contributed by atoms with E-state index in [9.17, 15) is 0 Å².